The molecule has 1 heterocycles. The van der Waals surface area contributed by atoms with E-state index in [1.807, 2.05) is 24.3 Å². The molecule has 0 aliphatic carbocycles. The van der Waals surface area contributed by atoms with Crippen molar-refractivity contribution < 1.29 is 24.1 Å². The van der Waals surface area contributed by atoms with Gasteiger partial charge >= 0.3 is 5.97 Å². The second-order valence-corrected chi connectivity index (χ2v) is 6.87. The number of aromatic nitrogens is 1. The van der Waals surface area contributed by atoms with Crippen molar-refractivity contribution in [3.8, 4) is 16.7 Å². The monoisotopic (exact) mass is 387 g/mol. The fraction of sp³-hybridized carbons (Fsp3) is 0.300. The van der Waals surface area contributed by atoms with Crippen molar-refractivity contribution in [3.63, 3.8) is 0 Å². The minimum absolute atomic E-state index is 0.172. The first-order chi connectivity index (χ1) is 13.2. The summed E-state index contributed by atoms with van der Waals surface area (Å²) >= 11 is 1.56. The first-order valence-electron chi connectivity index (χ1n) is 8.70. The van der Waals surface area contributed by atoms with Gasteiger partial charge in [0, 0.05) is 0 Å². The molecule has 3 aromatic rings. The van der Waals surface area contributed by atoms with Crippen molar-refractivity contribution in [2.75, 3.05) is 20.3 Å². The maximum atomic E-state index is 11.0. The molecule has 0 spiro atoms. The minimum Gasteiger partial charge on any atom is -0.493 e. The molecule has 0 saturated carbocycles. The molecule has 1 aromatic heterocycles. The lowest BCUT2D eigenvalue weighted by Crippen LogP contribution is -2.03. The van der Waals surface area contributed by atoms with E-state index in [0.717, 1.165) is 29.5 Å². The molecule has 6 nitrogen and oxygen atoms in total. The summed E-state index contributed by atoms with van der Waals surface area (Å²) in [6, 6.07) is 12.6. The van der Waals surface area contributed by atoms with Gasteiger partial charge < -0.3 is 19.3 Å². The smallest absolute Gasteiger partial charge is 0.335 e. The van der Waals surface area contributed by atoms with E-state index < -0.39 is 5.97 Å². The van der Waals surface area contributed by atoms with E-state index in [4.69, 9.17) is 19.3 Å². The first-order valence-corrected chi connectivity index (χ1v) is 9.51. The van der Waals surface area contributed by atoms with E-state index in [-0.39, 0.29) is 5.56 Å². The van der Waals surface area contributed by atoms with Gasteiger partial charge in [-0.3, -0.25) is 0 Å². The molecule has 2 aromatic carbocycles. The highest BCUT2D eigenvalue weighted by Crippen LogP contribution is 2.29. The highest BCUT2D eigenvalue weighted by atomic mass is 32.1. The van der Waals surface area contributed by atoms with Gasteiger partial charge in [-0.1, -0.05) is 23.5 Å². The summed E-state index contributed by atoms with van der Waals surface area (Å²) < 4.78 is 17.7. The van der Waals surface area contributed by atoms with Crippen LogP contribution < -0.4 is 14.2 Å². The number of unbranched alkanes of at least 4 members (excludes halogenated alkanes) is 2. The van der Waals surface area contributed by atoms with Gasteiger partial charge in [0.2, 0.25) is 0 Å². The molecule has 0 radical (unpaired) electrons. The molecule has 0 saturated heterocycles. The van der Waals surface area contributed by atoms with Crippen LogP contribution in [0.1, 0.15) is 29.6 Å². The van der Waals surface area contributed by atoms with Gasteiger partial charge in [-0.05, 0) is 49.6 Å². The van der Waals surface area contributed by atoms with E-state index in [0.29, 0.717) is 29.9 Å². The molecular weight excluding hydrogens is 366 g/mol. The molecule has 0 aliphatic rings. The highest BCUT2D eigenvalue weighted by molar-refractivity contribution is 7.20. The van der Waals surface area contributed by atoms with Gasteiger partial charge in [-0.2, -0.15) is 0 Å². The van der Waals surface area contributed by atoms with Crippen molar-refractivity contribution in [3.05, 3.63) is 48.0 Å². The quantitative estimate of drug-likeness (QED) is 0.511. The lowest BCUT2D eigenvalue weighted by molar-refractivity contribution is 0.0696. The second-order valence-electron chi connectivity index (χ2n) is 5.88. The summed E-state index contributed by atoms with van der Waals surface area (Å²) in [6.07, 6.45) is 2.74. The fourth-order valence-electron chi connectivity index (χ4n) is 2.56. The highest BCUT2D eigenvalue weighted by Gasteiger charge is 2.10. The fourth-order valence-corrected chi connectivity index (χ4v) is 3.39. The summed E-state index contributed by atoms with van der Waals surface area (Å²) in [5.41, 5.74) is 1.14. The Morgan fingerprint density at radius 3 is 2.56 bits per heavy atom. The Balaban J connectivity index is 1.36. The van der Waals surface area contributed by atoms with Gasteiger partial charge in [0.25, 0.3) is 5.19 Å². The number of fused-ring (bicyclic) bond motifs is 1. The number of carboxylic acids is 1. The van der Waals surface area contributed by atoms with Crippen molar-refractivity contribution in [2.45, 2.75) is 19.3 Å². The van der Waals surface area contributed by atoms with E-state index in [1.165, 1.54) is 19.2 Å². The molecule has 1 N–H and O–H groups in total. The van der Waals surface area contributed by atoms with Crippen LogP contribution in [0.5, 0.6) is 16.7 Å². The first kappa shape index (κ1) is 19.0. The van der Waals surface area contributed by atoms with Gasteiger partial charge in [-0.25, -0.2) is 9.78 Å². The number of thiazole rings is 1. The molecule has 0 atom stereocenters. The maximum absolute atomic E-state index is 11.0. The second kappa shape index (κ2) is 9.23. The van der Waals surface area contributed by atoms with E-state index in [1.54, 1.807) is 17.4 Å². The molecule has 0 amide bonds. The van der Waals surface area contributed by atoms with Crippen molar-refractivity contribution in [2.24, 2.45) is 0 Å². The van der Waals surface area contributed by atoms with Gasteiger partial charge in [0.15, 0.2) is 11.5 Å². The van der Waals surface area contributed by atoms with Gasteiger partial charge in [-0.15, -0.1) is 0 Å². The molecule has 3 rings (SSSR count). The number of methoxy groups -OCH3 is 1. The van der Waals surface area contributed by atoms with Gasteiger partial charge in [0.05, 0.1) is 36.1 Å². The zero-order valence-electron chi connectivity index (χ0n) is 15.0. The molecule has 7 heteroatoms. The normalized spacial score (nSPS) is 10.7. The summed E-state index contributed by atoms with van der Waals surface area (Å²) in [5.74, 6) is -0.0183. The van der Waals surface area contributed by atoms with Crippen molar-refractivity contribution in [1.82, 2.24) is 4.98 Å². The summed E-state index contributed by atoms with van der Waals surface area (Å²) in [5, 5.41) is 9.71. The number of aromatic carboxylic acids is 1. The standard InChI is InChI=1S/C20H21NO5S/c1-24-17-13-14(19(22)23)9-10-16(17)25-11-5-2-6-12-26-20-21-15-7-3-4-8-18(15)27-20/h3-4,7-10,13H,2,5-6,11-12H2,1H3,(H,22,23). The number of hydrogen-bond acceptors (Lipinski definition) is 6. The van der Waals surface area contributed by atoms with Crippen LogP contribution in [0.3, 0.4) is 0 Å². The van der Waals surface area contributed by atoms with E-state index in [2.05, 4.69) is 4.98 Å². The van der Waals surface area contributed by atoms with Crippen LogP contribution in [0.25, 0.3) is 10.2 Å². The molecule has 0 aliphatic heterocycles. The number of rotatable bonds is 10. The van der Waals surface area contributed by atoms with E-state index >= 15 is 0 Å². The number of benzene rings is 2. The third kappa shape index (κ3) is 5.10. The SMILES string of the molecule is COc1cc(C(=O)O)ccc1OCCCCCOc1nc2ccccc2s1. The van der Waals surface area contributed by atoms with Crippen LogP contribution in [-0.4, -0.2) is 36.4 Å². The molecule has 0 unspecified atom stereocenters. The Bertz CT molecular complexity index is 875. The number of para-hydroxylation sites is 1. The Kier molecular flexibility index (Phi) is 6.49. The predicted molar refractivity (Wildman–Crippen MR) is 104 cm³/mol. The Labute approximate surface area is 161 Å². The van der Waals surface area contributed by atoms with Gasteiger partial charge in [0.1, 0.15) is 0 Å². The number of hydrogen-bond donors (Lipinski definition) is 1. The number of carboxylic acid groups (broad SMARTS) is 1. The average molecular weight is 387 g/mol. The topological polar surface area (TPSA) is 77.9 Å². The lowest BCUT2D eigenvalue weighted by atomic mass is 10.2. The summed E-state index contributed by atoms with van der Waals surface area (Å²) in [7, 11) is 1.49. The predicted octanol–water partition coefficient (Wildman–Crippen LogP) is 4.63. The maximum Gasteiger partial charge on any atom is 0.335 e. The van der Waals surface area contributed by atoms with Crippen molar-refractivity contribution >= 4 is 27.5 Å². The van der Waals surface area contributed by atoms with Crippen LogP contribution in [0.15, 0.2) is 42.5 Å². The zero-order chi connectivity index (χ0) is 19.1. The van der Waals surface area contributed by atoms with E-state index in [9.17, 15) is 4.79 Å². The largest absolute Gasteiger partial charge is 0.493 e. The average Bonchev–Trinajstić information content (AvgIpc) is 3.10. The van der Waals surface area contributed by atoms with Crippen LogP contribution >= 0.6 is 11.3 Å². The molecule has 0 fully saturated rings. The number of ether oxygens (including phenoxy) is 3. The number of nitrogens with zero attached hydrogens (tertiary/aromatic N) is 1. The van der Waals surface area contributed by atoms with Crippen LogP contribution in [0, 0.1) is 0 Å². The van der Waals surface area contributed by atoms with Crippen LogP contribution in [0.2, 0.25) is 0 Å². The van der Waals surface area contributed by atoms with Crippen LogP contribution in [-0.2, 0) is 0 Å². The Morgan fingerprint density at radius 2 is 1.81 bits per heavy atom. The third-order valence-corrected chi connectivity index (χ3v) is 4.91. The summed E-state index contributed by atoms with van der Waals surface area (Å²) in [6.45, 7) is 1.15. The lowest BCUT2D eigenvalue weighted by Gasteiger charge is -2.11. The zero-order valence-corrected chi connectivity index (χ0v) is 15.8. The molecule has 0 bridgehead atoms. The molecule has 27 heavy (non-hydrogen) atoms. The number of carbonyl (C=O) groups is 1. The Morgan fingerprint density at radius 1 is 1.04 bits per heavy atom. The van der Waals surface area contributed by atoms with Crippen molar-refractivity contribution in [1.29, 1.82) is 0 Å². The van der Waals surface area contributed by atoms with Crippen LogP contribution in [0.4, 0.5) is 0 Å². The molecular formula is C20H21NO5S. The Hall–Kier alpha value is -2.80. The minimum atomic E-state index is -0.993. The third-order valence-electron chi connectivity index (χ3n) is 3.96. The molecule has 142 valence electrons. The summed E-state index contributed by atoms with van der Waals surface area (Å²) in [4.78, 5) is 15.4.